The van der Waals surface area contributed by atoms with Gasteiger partial charge in [0.25, 0.3) is 5.69 Å². The number of allylic oxidation sites excluding steroid dienone is 1. The van der Waals surface area contributed by atoms with Gasteiger partial charge in [0, 0.05) is 55.5 Å². The predicted octanol–water partition coefficient (Wildman–Crippen LogP) is 7.04. The number of carbonyl (C=O) groups excluding carboxylic acids is 1. The van der Waals surface area contributed by atoms with E-state index in [2.05, 4.69) is 17.6 Å². The van der Waals surface area contributed by atoms with Gasteiger partial charge in [-0.3, -0.25) is 20.0 Å². The van der Waals surface area contributed by atoms with E-state index in [1.165, 1.54) is 29.2 Å². The van der Waals surface area contributed by atoms with Crippen LogP contribution in [0.4, 0.5) is 10.5 Å². The molecule has 1 fully saturated rings. The Hall–Kier alpha value is -5.39. The highest BCUT2D eigenvalue weighted by Gasteiger charge is 2.65. The summed E-state index contributed by atoms with van der Waals surface area (Å²) in [6.45, 7) is 8.26. The van der Waals surface area contributed by atoms with E-state index in [1.54, 1.807) is 6.08 Å². The zero-order chi connectivity index (χ0) is 44.8. The van der Waals surface area contributed by atoms with Gasteiger partial charge in [-0.2, -0.15) is 0 Å². The number of rotatable bonds is 24. The van der Waals surface area contributed by atoms with Crippen molar-refractivity contribution in [2.45, 2.75) is 83.1 Å². The molecule has 1 aliphatic heterocycles. The highest BCUT2D eigenvalue weighted by atomic mass is 16.7. The number of aryl methyl sites for hydroxylation is 1. The summed E-state index contributed by atoms with van der Waals surface area (Å²) in [6, 6.07) is 15.8. The second-order valence-electron chi connectivity index (χ2n) is 15.9. The Labute approximate surface area is 368 Å². The number of carbonyl (C=O) groups is 1. The predicted molar refractivity (Wildman–Crippen MR) is 234 cm³/mol. The number of nitro benzene ring substituents is 1. The van der Waals surface area contributed by atoms with Gasteiger partial charge >= 0.3 is 6.09 Å². The molecule has 63 heavy (non-hydrogen) atoms. The molecule has 2 heterocycles. The number of hydrogen-bond donors (Lipinski definition) is 3. The van der Waals surface area contributed by atoms with Gasteiger partial charge in [0.2, 0.25) is 5.79 Å². The first-order valence-corrected chi connectivity index (χ1v) is 21.8. The lowest BCUT2D eigenvalue weighted by Gasteiger charge is -2.59. The van der Waals surface area contributed by atoms with E-state index in [9.17, 15) is 30.2 Å². The smallest absolute Gasteiger partial charge is 0.415 e. The van der Waals surface area contributed by atoms with Crippen molar-refractivity contribution in [2.75, 3.05) is 52.8 Å². The number of amides is 1. The molecule has 1 aromatic heterocycles. The molecule has 6 rings (SSSR count). The van der Waals surface area contributed by atoms with Gasteiger partial charge < -0.3 is 43.8 Å². The SMILES string of the molecule is C=CCO[C@@]12Oc3ccc(OCc4cccc(C)n4)cc3[C@H]3[C@H](CCCCO)[C@@H](CCCCO)C=C(C(=NOCC)C[C@@H]1N(CCOCCO)C(=O)Oc1ccc([N+](=O)[O-])cc1)[C@H]32. The number of fused-ring (bicyclic) bond motifs is 2. The van der Waals surface area contributed by atoms with Crippen LogP contribution in [0, 0.1) is 34.8 Å². The van der Waals surface area contributed by atoms with E-state index in [-0.39, 0.29) is 95.0 Å². The largest absolute Gasteiger partial charge is 0.487 e. The lowest BCUT2D eigenvalue weighted by molar-refractivity contribution is -0.384. The van der Waals surface area contributed by atoms with Gasteiger partial charge in [-0.05, 0) is 99.4 Å². The molecule has 3 aromatic rings. The number of oxime groups is 1. The van der Waals surface area contributed by atoms with Gasteiger partial charge in [-0.25, -0.2) is 4.79 Å². The summed E-state index contributed by atoms with van der Waals surface area (Å²) in [5, 5.41) is 45.5. The van der Waals surface area contributed by atoms with Gasteiger partial charge in [0.15, 0.2) is 0 Å². The molecule has 3 aliphatic rings. The number of aliphatic hydroxyl groups is 3. The minimum absolute atomic E-state index is 0.0164. The fraction of sp³-hybridized carbons (Fsp3) is 0.511. The second-order valence-corrected chi connectivity index (χ2v) is 15.9. The van der Waals surface area contributed by atoms with Gasteiger partial charge in [0.05, 0.1) is 48.7 Å². The maximum Gasteiger partial charge on any atom is 0.415 e. The molecule has 3 N–H and O–H groups in total. The summed E-state index contributed by atoms with van der Waals surface area (Å²) in [5.41, 5.74) is 3.86. The third kappa shape index (κ3) is 11.2. The second kappa shape index (κ2) is 22.8. The molecular formula is C47H60N4O12. The van der Waals surface area contributed by atoms with Crippen molar-refractivity contribution in [2.24, 2.45) is 22.9 Å². The summed E-state index contributed by atoms with van der Waals surface area (Å²) in [7, 11) is 0. The molecule has 1 amide bonds. The van der Waals surface area contributed by atoms with Crippen molar-refractivity contribution in [1.29, 1.82) is 0 Å². The number of benzene rings is 2. The molecular weight excluding hydrogens is 813 g/mol. The Kier molecular flexibility index (Phi) is 17.1. The van der Waals surface area contributed by atoms with Gasteiger partial charge in [0.1, 0.15) is 36.5 Å². The summed E-state index contributed by atoms with van der Waals surface area (Å²) >= 11 is 0. The number of pyridine rings is 1. The van der Waals surface area contributed by atoms with Crippen LogP contribution in [0.3, 0.4) is 0 Å². The van der Waals surface area contributed by atoms with Crippen LogP contribution < -0.4 is 14.2 Å². The molecule has 2 aliphatic carbocycles. The molecule has 16 nitrogen and oxygen atoms in total. The quantitative estimate of drug-likeness (QED) is 0.0358. The first-order valence-electron chi connectivity index (χ1n) is 21.8. The maximum atomic E-state index is 14.7. The normalized spacial score (nSPS) is 22.8. The van der Waals surface area contributed by atoms with E-state index < -0.39 is 28.8 Å². The average molecular weight is 873 g/mol. The first-order chi connectivity index (χ1) is 30.7. The Morgan fingerprint density at radius 3 is 2.49 bits per heavy atom. The summed E-state index contributed by atoms with van der Waals surface area (Å²) in [6.07, 6.45) is 7.51. The maximum absolute atomic E-state index is 14.7. The molecule has 0 unspecified atom stereocenters. The molecule has 1 saturated carbocycles. The summed E-state index contributed by atoms with van der Waals surface area (Å²) < 4.78 is 32.3. The van der Waals surface area contributed by atoms with Gasteiger partial charge in [-0.1, -0.05) is 36.2 Å². The molecule has 340 valence electrons. The minimum atomic E-state index is -1.58. The van der Waals surface area contributed by atoms with Gasteiger partial charge in [-0.15, -0.1) is 6.58 Å². The third-order valence-corrected chi connectivity index (χ3v) is 11.9. The molecule has 16 heteroatoms. The number of ether oxygens (including phenoxy) is 5. The van der Waals surface area contributed by atoms with Crippen molar-refractivity contribution in [3.8, 4) is 17.2 Å². The molecule has 6 atom stereocenters. The Morgan fingerprint density at radius 2 is 1.79 bits per heavy atom. The standard InChI is InChI=1S/C47H60N4O12/c1-4-25-60-47-43(50(21-26-58-27-24-54)46(55)62-36-17-15-35(16-18-36)51(56)57)30-41(49-61-5-2)39-28-33(12-6-8-22-52)38(14-7-9-23-53)44(45(39)47)40-29-37(19-20-42(40)63-47)59-31-34-13-10-11-32(3)48-34/h4,10-11,13,15-20,28-29,33,38,43-45,52-54H,1,5-9,12,14,21-27,30-31H2,2-3H3/t33-,38+,43-,44+,45+,47+/m0/s1. The van der Waals surface area contributed by atoms with Crippen LogP contribution >= 0.6 is 0 Å². The number of nitro groups is 1. The molecule has 0 spiro atoms. The van der Waals surface area contributed by atoms with Crippen LogP contribution in [-0.4, -0.2) is 107 Å². The molecule has 2 aromatic carbocycles. The van der Waals surface area contributed by atoms with E-state index in [1.807, 2.05) is 50.2 Å². The van der Waals surface area contributed by atoms with Crippen LogP contribution in [0.15, 0.2) is 90.1 Å². The fourth-order valence-corrected chi connectivity index (χ4v) is 9.22. The highest BCUT2D eigenvalue weighted by Crippen LogP contribution is 2.62. The zero-order valence-electron chi connectivity index (χ0n) is 36.1. The number of aromatic nitrogens is 1. The van der Waals surface area contributed by atoms with Crippen molar-refractivity contribution < 1.29 is 53.6 Å². The van der Waals surface area contributed by atoms with Crippen LogP contribution in [0.2, 0.25) is 0 Å². The number of hydrogen-bond acceptors (Lipinski definition) is 14. The first kappa shape index (κ1) is 47.1. The summed E-state index contributed by atoms with van der Waals surface area (Å²) in [5.74, 6) is -1.22. The summed E-state index contributed by atoms with van der Waals surface area (Å²) in [4.78, 5) is 37.5. The number of unbranched alkanes of at least 4 members (excludes halogenated alkanes) is 2. The minimum Gasteiger partial charge on any atom is -0.487 e. The van der Waals surface area contributed by atoms with Crippen LogP contribution in [0.1, 0.15) is 74.7 Å². The fourth-order valence-electron chi connectivity index (χ4n) is 9.22. The topological polar surface area (TPSA) is 205 Å². The van der Waals surface area contributed by atoms with E-state index in [0.717, 1.165) is 48.2 Å². The van der Waals surface area contributed by atoms with Crippen molar-refractivity contribution >= 4 is 17.5 Å². The Morgan fingerprint density at radius 1 is 1.03 bits per heavy atom. The van der Waals surface area contributed by atoms with E-state index in [0.29, 0.717) is 30.1 Å². The third-order valence-electron chi connectivity index (χ3n) is 11.9. The molecule has 0 bridgehead atoms. The van der Waals surface area contributed by atoms with Crippen molar-refractivity contribution in [3.63, 3.8) is 0 Å². The van der Waals surface area contributed by atoms with Crippen LogP contribution in [0.5, 0.6) is 17.2 Å². The monoisotopic (exact) mass is 872 g/mol. The Bertz CT molecular complexity index is 2060. The number of aliphatic hydroxyl groups excluding tert-OH is 3. The van der Waals surface area contributed by atoms with Crippen LogP contribution in [0.25, 0.3) is 0 Å². The molecule has 0 radical (unpaired) electrons. The number of non-ortho nitro benzene ring substituents is 1. The Balaban J connectivity index is 1.54. The lowest BCUT2D eigenvalue weighted by atomic mass is 9.55. The number of nitrogens with zero attached hydrogens (tertiary/aromatic N) is 4. The van der Waals surface area contributed by atoms with Crippen molar-refractivity contribution in [1.82, 2.24) is 9.88 Å². The van der Waals surface area contributed by atoms with Crippen molar-refractivity contribution in [3.05, 3.63) is 112 Å². The zero-order valence-corrected chi connectivity index (χ0v) is 36.1. The lowest BCUT2D eigenvalue weighted by Crippen LogP contribution is -2.70. The highest BCUT2D eigenvalue weighted by molar-refractivity contribution is 6.03. The van der Waals surface area contributed by atoms with E-state index >= 15 is 0 Å². The molecule has 0 saturated heterocycles. The van der Waals surface area contributed by atoms with E-state index in [4.69, 9.17) is 33.7 Å². The van der Waals surface area contributed by atoms with Crippen LogP contribution in [-0.2, 0) is 20.9 Å². The average Bonchev–Trinajstić information content (AvgIpc) is 3.28.